The van der Waals surface area contributed by atoms with Gasteiger partial charge in [-0.1, -0.05) is 12.8 Å². The molecule has 1 aliphatic heterocycles. The predicted molar refractivity (Wildman–Crippen MR) is 58.4 cm³/mol. The zero-order chi connectivity index (χ0) is 9.97. The van der Waals surface area contributed by atoms with E-state index in [0.717, 1.165) is 12.5 Å². The lowest BCUT2D eigenvalue weighted by atomic mass is 10.0. The van der Waals surface area contributed by atoms with Crippen LogP contribution in [0.5, 0.6) is 0 Å². The lowest BCUT2D eigenvalue weighted by Gasteiger charge is -2.30. The number of ether oxygens (including phenoxy) is 1. The van der Waals surface area contributed by atoms with Gasteiger partial charge in [0.15, 0.2) is 0 Å². The van der Waals surface area contributed by atoms with Crippen molar-refractivity contribution in [3.63, 3.8) is 0 Å². The third kappa shape index (κ3) is 3.25. The zero-order valence-electron chi connectivity index (χ0n) is 9.46. The van der Waals surface area contributed by atoms with E-state index in [1.54, 1.807) is 0 Å². The van der Waals surface area contributed by atoms with Crippen molar-refractivity contribution >= 4 is 0 Å². The molecule has 0 spiro atoms. The Hall–Kier alpha value is -0.0800. The minimum atomic E-state index is 0.453. The lowest BCUT2D eigenvalue weighted by Crippen LogP contribution is -2.42. The highest BCUT2D eigenvalue weighted by molar-refractivity contribution is 4.82. The van der Waals surface area contributed by atoms with Gasteiger partial charge in [0.1, 0.15) is 0 Å². The van der Waals surface area contributed by atoms with Crippen molar-refractivity contribution in [1.82, 2.24) is 5.32 Å². The van der Waals surface area contributed by atoms with Gasteiger partial charge in [0.2, 0.25) is 0 Å². The minimum Gasteiger partial charge on any atom is -0.378 e. The van der Waals surface area contributed by atoms with Gasteiger partial charge in [-0.2, -0.15) is 0 Å². The van der Waals surface area contributed by atoms with Crippen molar-refractivity contribution in [3.8, 4) is 0 Å². The van der Waals surface area contributed by atoms with Crippen molar-refractivity contribution in [3.05, 3.63) is 0 Å². The van der Waals surface area contributed by atoms with Gasteiger partial charge < -0.3 is 10.1 Å². The normalized spacial score (nSPS) is 35.6. The summed E-state index contributed by atoms with van der Waals surface area (Å²) in [7, 11) is 0. The number of nitrogens with one attached hydrogen (secondary N) is 1. The first-order valence-corrected chi connectivity index (χ1v) is 6.11. The Bertz CT molecular complexity index is 179. The second kappa shape index (κ2) is 4.63. The van der Waals surface area contributed by atoms with Crippen LogP contribution in [-0.4, -0.2) is 24.8 Å². The molecular weight excluding hydrogens is 174 g/mol. The van der Waals surface area contributed by atoms with E-state index >= 15 is 0 Å². The summed E-state index contributed by atoms with van der Waals surface area (Å²) >= 11 is 0. The molecule has 2 aliphatic rings. The van der Waals surface area contributed by atoms with E-state index < -0.39 is 0 Å². The van der Waals surface area contributed by atoms with Crippen molar-refractivity contribution in [2.75, 3.05) is 6.61 Å². The molecule has 0 aromatic heterocycles. The summed E-state index contributed by atoms with van der Waals surface area (Å²) in [5.41, 5.74) is 0. The number of hydrogen-bond donors (Lipinski definition) is 1. The van der Waals surface area contributed by atoms with Crippen LogP contribution in [0.1, 0.15) is 46.0 Å². The molecule has 0 amide bonds. The summed E-state index contributed by atoms with van der Waals surface area (Å²) in [6, 6.07) is 1.41. The van der Waals surface area contributed by atoms with Crippen LogP contribution in [0.25, 0.3) is 0 Å². The molecule has 0 radical (unpaired) electrons. The van der Waals surface area contributed by atoms with Crippen LogP contribution in [0.4, 0.5) is 0 Å². The van der Waals surface area contributed by atoms with Gasteiger partial charge in [0.25, 0.3) is 0 Å². The van der Waals surface area contributed by atoms with E-state index in [9.17, 15) is 0 Å². The second-order valence-corrected chi connectivity index (χ2v) is 5.15. The molecule has 2 rings (SSSR count). The summed E-state index contributed by atoms with van der Waals surface area (Å²) in [6.07, 6.45) is 7.15. The number of rotatable bonds is 4. The van der Waals surface area contributed by atoms with E-state index in [2.05, 4.69) is 19.2 Å². The van der Waals surface area contributed by atoms with Gasteiger partial charge in [-0.15, -0.1) is 0 Å². The maximum absolute atomic E-state index is 5.54. The molecule has 2 heteroatoms. The highest BCUT2D eigenvalue weighted by Gasteiger charge is 2.26. The van der Waals surface area contributed by atoms with E-state index in [1.807, 2.05) is 0 Å². The average Bonchev–Trinajstić information content (AvgIpc) is 2.87. The fraction of sp³-hybridized carbons (Fsp3) is 1.00. The Morgan fingerprint density at radius 1 is 1.36 bits per heavy atom. The molecule has 1 N–H and O–H groups in total. The fourth-order valence-corrected chi connectivity index (χ4v) is 2.47. The highest BCUT2D eigenvalue weighted by atomic mass is 16.5. The molecule has 0 aromatic carbocycles. The first-order valence-electron chi connectivity index (χ1n) is 6.11. The first kappa shape index (κ1) is 10.4. The Morgan fingerprint density at radius 2 is 2.14 bits per heavy atom. The third-order valence-corrected chi connectivity index (χ3v) is 3.39. The van der Waals surface area contributed by atoms with Crippen molar-refractivity contribution in [2.45, 2.75) is 64.1 Å². The topological polar surface area (TPSA) is 21.3 Å². The Labute approximate surface area is 87.4 Å². The lowest BCUT2D eigenvalue weighted by molar-refractivity contribution is 0.0114. The molecule has 3 atom stereocenters. The summed E-state index contributed by atoms with van der Waals surface area (Å²) in [5, 5.41) is 3.74. The Morgan fingerprint density at radius 3 is 2.79 bits per heavy atom. The minimum absolute atomic E-state index is 0.453. The van der Waals surface area contributed by atoms with Crippen molar-refractivity contribution in [2.24, 2.45) is 5.92 Å². The molecule has 3 unspecified atom stereocenters. The standard InChI is InChI=1S/C12H23NO/c1-9(7-11-3-4-11)13-12-5-6-14-10(2)8-12/h9-13H,3-8H2,1-2H3. The molecule has 82 valence electrons. The van der Waals surface area contributed by atoms with Crippen LogP contribution in [0.15, 0.2) is 0 Å². The van der Waals surface area contributed by atoms with Gasteiger partial charge in [0.05, 0.1) is 6.10 Å². The van der Waals surface area contributed by atoms with Crippen LogP contribution >= 0.6 is 0 Å². The van der Waals surface area contributed by atoms with Gasteiger partial charge >= 0.3 is 0 Å². The first-order chi connectivity index (χ1) is 6.74. The van der Waals surface area contributed by atoms with E-state index in [4.69, 9.17) is 4.74 Å². The molecule has 1 aliphatic carbocycles. The van der Waals surface area contributed by atoms with E-state index in [1.165, 1.54) is 32.1 Å². The van der Waals surface area contributed by atoms with Crippen LogP contribution in [0.2, 0.25) is 0 Å². The van der Waals surface area contributed by atoms with Gasteiger partial charge in [-0.05, 0) is 39.0 Å². The molecule has 0 aromatic rings. The monoisotopic (exact) mass is 197 g/mol. The molecule has 1 heterocycles. The maximum Gasteiger partial charge on any atom is 0.0561 e. The summed E-state index contributed by atoms with van der Waals surface area (Å²) in [6.45, 7) is 5.45. The van der Waals surface area contributed by atoms with Crippen LogP contribution in [0, 0.1) is 5.92 Å². The zero-order valence-corrected chi connectivity index (χ0v) is 9.46. The van der Waals surface area contributed by atoms with Crippen molar-refractivity contribution < 1.29 is 4.74 Å². The SMILES string of the molecule is CC(CC1CC1)NC1CCOC(C)C1. The molecule has 2 nitrogen and oxygen atoms in total. The molecular formula is C12H23NO. The van der Waals surface area contributed by atoms with Gasteiger partial charge in [-0.3, -0.25) is 0 Å². The number of hydrogen-bond acceptors (Lipinski definition) is 2. The van der Waals surface area contributed by atoms with E-state index in [-0.39, 0.29) is 0 Å². The molecule has 2 fully saturated rings. The quantitative estimate of drug-likeness (QED) is 0.747. The Kier molecular flexibility index (Phi) is 3.45. The molecule has 1 saturated heterocycles. The molecule has 0 bridgehead atoms. The fourth-order valence-electron chi connectivity index (χ4n) is 2.47. The van der Waals surface area contributed by atoms with Gasteiger partial charge in [-0.25, -0.2) is 0 Å². The molecule has 14 heavy (non-hydrogen) atoms. The van der Waals surface area contributed by atoms with Crippen LogP contribution in [-0.2, 0) is 4.74 Å². The van der Waals surface area contributed by atoms with Gasteiger partial charge in [0, 0.05) is 18.7 Å². The highest BCUT2D eigenvalue weighted by Crippen LogP contribution is 2.33. The van der Waals surface area contributed by atoms with Crippen molar-refractivity contribution in [1.29, 1.82) is 0 Å². The smallest absolute Gasteiger partial charge is 0.0561 e. The predicted octanol–water partition coefficient (Wildman–Crippen LogP) is 2.33. The molecule has 1 saturated carbocycles. The van der Waals surface area contributed by atoms with Crippen LogP contribution < -0.4 is 5.32 Å². The Balaban J connectivity index is 1.66. The summed E-state index contributed by atoms with van der Waals surface area (Å²) in [4.78, 5) is 0. The average molecular weight is 197 g/mol. The van der Waals surface area contributed by atoms with E-state index in [0.29, 0.717) is 18.2 Å². The van der Waals surface area contributed by atoms with Crippen LogP contribution in [0.3, 0.4) is 0 Å². The third-order valence-electron chi connectivity index (χ3n) is 3.39. The summed E-state index contributed by atoms with van der Waals surface area (Å²) in [5.74, 6) is 1.04. The summed E-state index contributed by atoms with van der Waals surface area (Å²) < 4.78 is 5.54. The maximum atomic E-state index is 5.54. The second-order valence-electron chi connectivity index (χ2n) is 5.15. The largest absolute Gasteiger partial charge is 0.378 e.